The summed E-state index contributed by atoms with van der Waals surface area (Å²) in [6, 6.07) is -0.815. The fraction of sp³-hybridized carbons (Fsp3) is 0.455. The Balaban J connectivity index is 2.71. The second kappa shape index (κ2) is 6.90. The van der Waals surface area contributed by atoms with Gasteiger partial charge in [-0.1, -0.05) is 12.2 Å². The van der Waals surface area contributed by atoms with Crippen LogP contribution in [0, 0.1) is 0 Å². The third-order valence-electron chi connectivity index (χ3n) is 2.48. The lowest BCUT2D eigenvalue weighted by Crippen LogP contribution is -2.52. The molecule has 0 aromatic heterocycles. The van der Waals surface area contributed by atoms with Crippen LogP contribution in [0.15, 0.2) is 24.3 Å². The highest BCUT2D eigenvalue weighted by Crippen LogP contribution is 2.13. The molecule has 1 heterocycles. The smallest absolute Gasteiger partial charge is 0.238 e. The zero-order chi connectivity index (χ0) is 13.5. The second-order valence-electron chi connectivity index (χ2n) is 3.94. The normalized spacial score (nSPS) is 23.2. The molecule has 18 heavy (non-hydrogen) atoms. The number of nitrogens with two attached hydrogens (primary N) is 2. The number of nitrogens with one attached hydrogen (secondary N) is 2. The molecule has 0 bridgehead atoms. The van der Waals surface area contributed by atoms with Crippen molar-refractivity contribution in [3.05, 3.63) is 24.3 Å². The number of hydroxylamine groups is 1. The zero-order valence-corrected chi connectivity index (χ0v) is 10.0. The fourth-order valence-corrected chi connectivity index (χ4v) is 1.66. The summed E-state index contributed by atoms with van der Waals surface area (Å²) in [7, 11) is 0. The molecule has 2 amide bonds. The van der Waals surface area contributed by atoms with Crippen molar-refractivity contribution in [2.75, 3.05) is 13.2 Å². The summed E-state index contributed by atoms with van der Waals surface area (Å²) >= 11 is 0. The summed E-state index contributed by atoms with van der Waals surface area (Å²) in [5, 5.41) is 2.93. The number of carbonyl (C=O) groups is 2. The van der Waals surface area contributed by atoms with Gasteiger partial charge in [-0.2, -0.15) is 5.48 Å². The van der Waals surface area contributed by atoms with E-state index in [1.165, 1.54) is 0 Å². The van der Waals surface area contributed by atoms with Crippen molar-refractivity contribution in [2.24, 2.45) is 11.5 Å². The van der Waals surface area contributed by atoms with Gasteiger partial charge in [-0.3, -0.25) is 14.4 Å². The SMILES string of the molecule is C=CCON[C@H]1CNC(C(N)=O)C=C1CC(N)=O. The van der Waals surface area contributed by atoms with Crippen molar-refractivity contribution >= 4 is 11.8 Å². The van der Waals surface area contributed by atoms with Gasteiger partial charge in [0.05, 0.1) is 12.6 Å². The van der Waals surface area contributed by atoms with Crippen LogP contribution in [-0.4, -0.2) is 37.0 Å². The predicted molar refractivity (Wildman–Crippen MR) is 66.0 cm³/mol. The van der Waals surface area contributed by atoms with Gasteiger partial charge in [0, 0.05) is 13.0 Å². The van der Waals surface area contributed by atoms with Crippen LogP contribution in [0.25, 0.3) is 0 Å². The van der Waals surface area contributed by atoms with Crippen LogP contribution in [0.2, 0.25) is 0 Å². The molecule has 0 spiro atoms. The fourth-order valence-electron chi connectivity index (χ4n) is 1.66. The van der Waals surface area contributed by atoms with Gasteiger partial charge >= 0.3 is 0 Å². The molecule has 0 fully saturated rings. The molecule has 0 saturated heterocycles. The topological polar surface area (TPSA) is 119 Å². The molecule has 0 aromatic carbocycles. The van der Waals surface area contributed by atoms with E-state index in [4.69, 9.17) is 16.3 Å². The van der Waals surface area contributed by atoms with Crippen LogP contribution in [0.3, 0.4) is 0 Å². The molecule has 100 valence electrons. The number of carbonyl (C=O) groups excluding carboxylic acids is 2. The first-order chi connectivity index (χ1) is 8.54. The van der Waals surface area contributed by atoms with Crippen molar-refractivity contribution in [3.63, 3.8) is 0 Å². The highest BCUT2D eigenvalue weighted by Gasteiger charge is 2.26. The van der Waals surface area contributed by atoms with Gasteiger partial charge in [0.1, 0.15) is 6.04 Å². The van der Waals surface area contributed by atoms with E-state index in [1.54, 1.807) is 12.2 Å². The van der Waals surface area contributed by atoms with E-state index in [1.807, 2.05) is 0 Å². The second-order valence-corrected chi connectivity index (χ2v) is 3.94. The first-order valence-electron chi connectivity index (χ1n) is 5.54. The number of amides is 2. The summed E-state index contributed by atoms with van der Waals surface area (Å²) in [5.74, 6) is -0.968. The maximum absolute atomic E-state index is 11.1. The van der Waals surface area contributed by atoms with Crippen LogP contribution in [0.5, 0.6) is 0 Å². The lowest BCUT2D eigenvalue weighted by molar-refractivity contribution is -0.120. The molecule has 6 N–H and O–H groups in total. The first kappa shape index (κ1) is 14.4. The van der Waals surface area contributed by atoms with Crippen LogP contribution in [0.1, 0.15) is 6.42 Å². The molecule has 1 aliphatic rings. The molecular weight excluding hydrogens is 236 g/mol. The lowest BCUT2D eigenvalue weighted by atomic mass is 9.97. The van der Waals surface area contributed by atoms with Crippen LogP contribution >= 0.6 is 0 Å². The Morgan fingerprint density at radius 1 is 1.61 bits per heavy atom. The average molecular weight is 254 g/mol. The molecule has 0 radical (unpaired) electrons. The van der Waals surface area contributed by atoms with Crippen molar-refractivity contribution in [2.45, 2.75) is 18.5 Å². The van der Waals surface area contributed by atoms with E-state index in [0.717, 1.165) is 0 Å². The average Bonchev–Trinajstić information content (AvgIpc) is 2.30. The van der Waals surface area contributed by atoms with Gasteiger partial charge in [-0.25, -0.2) is 0 Å². The van der Waals surface area contributed by atoms with E-state index in [9.17, 15) is 9.59 Å². The molecule has 0 aromatic rings. The van der Waals surface area contributed by atoms with Gasteiger partial charge in [0.25, 0.3) is 0 Å². The van der Waals surface area contributed by atoms with E-state index in [0.29, 0.717) is 18.7 Å². The number of hydrogen-bond acceptors (Lipinski definition) is 5. The van der Waals surface area contributed by atoms with Crippen LogP contribution < -0.4 is 22.3 Å². The minimum atomic E-state index is -0.586. The predicted octanol–water partition coefficient (Wildman–Crippen LogP) is -1.68. The molecule has 7 nitrogen and oxygen atoms in total. The monoisotopic (exact) mass is 254 g/mol. The van der Waals surface area contributed by atoms with Gasteiger partial charge in [0.15, 0.2) is 0 Å². The van der Waals surface area contributed by atoms with Crippen molar-refractivity contribution in [1.29, 1.82) is 0 Å². The Hall–Kier alpha value is -1.70. The Kier molecular flexibility index (Phi) is 5.50. The van der Waals surface area contributed by atoms with Crippen molar-refractivity contribution in [3.8, 4) is 0 Å². The maximum Gasteiger partial charge on any atom is 0.238 e. The summed E-state index contributed by atoms with van der Waals surface area (Å²) in [5.41, 5.74) is 13.8. The Morgan fingerprint density at radius 2 is 2.33 bits per heavy atom. The molecule has 0 saturated carbocycles. The van der Waals surface area contributed by atoms with Crippen molar-refractivity contribution in [1.82, 2.24) is 10.8 Å². The quantitative estimate of drug-likeness (QED) is 0.246. The Labute approximate surface area is 105 Å². The molecular formula is C11H18N4O3. The maximum atomic E-state index is 11.1. The minimum Gasteiger partial charge on any atom is -0.369 e. The third-order valence-corrected chi connectivity index (χ3v) is 2.48. The summed E-state index contributed by atoms with van der Waals surface area (Å²) < 4.78 is 0. The number of primary amides is 2. The Morgan fingerprint density at radius 3 is 2.89 bits per heavy atom. The molecule has 1 aliphatic heterocycles. The molecule has 2 atom stereocenters. The van der Waals surface area contributed by atoms with Crippen LogP contribution in [0.4, 0.5) is 0 Å². The molecule has 1 unspecified atom stereocenters. The van der Waals surface area contributed by atoms with Gasteiger partial charge in [-0.05, 0) is 5.57 Å². The third kappa shape index (κ3) is 4.28. The standard InChI is InChI=1S/C11H18N4O3/c1-2-3-18-15-9-6-14-8(11(13)17)4-7(9)5-10(12)16/h2,4,8-9,14-15H,1,3,5-6H2,(H2,12,16)(H2,13,17)/t8?,9-/m0/s1. The largest absolute Gasteiger partial charge is 0.369 e. The van der Waals surface area contributed by atoms with Gasteiger partial charge < -0.3 is 16.8 Å². The van der Waals surface area contributed by atoms with E-state index < -0.39 is 17.9 Å². The van der Waals surface area contributed by atoms with Gasteiger partial charge in [0.2, 0.25) is 11.8 Å². The van der Waals surface area contributed by atoms with E-state index in [-0.39, 0.29) is 12.5 Å². The first-order valence-corrected chi connectivity index (χ1v) is 5.54. The van der Waals surface area contributed by atoms with Crippen LogP contribution in [-0.2, 0) is 14.4 Å². The minimum absolute atomic E-state index is 0.0561. The number of hydrogen-bond donors (Lipinski definition) is 4. The Bertz CT molecular complexity index is 367. The summed E-state index contributed by atoms with van der Waals surface area (Å²) in [6.07, 6.45) is 3.25. The molecule has 0 aliphatic carbocycles. The highest BCUT2D eigenvalue weighted by molar-refractivity contribution is 5.83. The van der Waals surface area contributed by atoms with E-state index in [2.05, 4.69) is 17.4 Å². The summed E-state index contributed by atoms with van der Waals surface area (Å²) in [6.45, 7) is 4.27. The zero-order valence-electron chi connectivity index (χ0n) is 10.0. The van der Waals surface area contributed by atoms with Crippen molar-refractivity contribution < 1.29 is 14.4 Å². The van der Waals surface area contributed by atoms with Gasteiger partial charge in [-0.15, -0.1) is 6.58 Å². The summed E-state index contributed by atoms with van der Waals surface area (Å²) in [4.78, 5) is 27.2. The number of rotatable bonds is 7. The highest BCUT2D eigenvalue weighted by atomic mass is 16.6. The molecule has 1 rings (SSSR count). The lowest BCUT2D eigenvalue weighted by Gasteiger charge is -2.28. The molecule has 7 heteroatoms. The van der Waals surface area contributed by atoms with E-state index >= 15 is 0 Å².